The Kier molecular flexibility index (Phi) is 5.73. The Labute approximate surface area is 189 Å². The number of aliphatic hydroxyl groups excluding tert-OH is 2. The van der Waals surface area contributed by atoms with Crippen LogP contribution < -0.4 is 0 Å². The average molecular weight is 432 g/mol. The minimum absolute atomic E-state index is 0.121. The normalized spacial score (nSPS) is 55.2. The molecule has 0 bridgehead atoms. The van der Waals surface area contributed by atoms with Crippen molar-refractivity contribution in [2.45, 2.75) is 104 Å². The van der Waals surface area contributed by atoms with E-state index in [1.54, 1.807) is 0 Å². The lowest BCUT2D eigenvalue weighted by Crippen LogP contribution is -2.60. The topological polar surface area (TPSA) is 60.8 Å². The molecule has 3 aliphatic carbocycles. The molecule has 2 heterocycles. The third kappa shape index (κ3) is 3.50. The molecule has 2 aliphatic heterocycles. The lowest BCUT2D eigenvalue weighted by Gasteiger charge is -2.59. The minimum atomic E-state index is -0.299. The average Bonchev–Trinajstić information content (AvgIpc) is 2.75. The molecule has 2 saturated heterocycles. The zero-order valence-electron chi connectivity index (χ0n) is 20.2. The second-order valence-electron chi connectivity index (χ2n) is 12.7. The van der Waals surface area contributed by atoms with Gasteiger partial charge in [0.05, 0.1) is 12.2 Å². The van der Waals surface area contributed by atoms with E-state index in [-0.39, 0.29) is 29.5 Å². The number of nitrogens with zero attached hydrogens (tertiary/aromatic N) is 1. The molecule has 5 aliphatic rings. The molecular formula is C27H45NO3. The molecular weight excluding hydrogens is 386 g/mol. The van der Waals surface area contributed by atoms with Crippen LogP contribution in [0.5, 0.6) is 0 Å². The van der Waals surface area contributed by atoms with Gasteiger partial charge in [0.15, 0.2) is 0 Å². The summed E-state index contributed by atoms with van der Waals surface area (Å²) in [4.78, 5) is 15.9. The third-order valence-corrected chi connectivity index (χ3v) is 11.3. The van der Waals surface area contributed by atoms with Crippen molar-refractivity contribution in [2.24, 2.45) is 52.8 Å². The van der Waals surface area contributed by atoms with E-state index in [2.05, 4.69) is 32.6 Å². The van der Waals surface area contributed by atoms with Crippen molar-refractivity contribution in [2.75, 3.05) is 6.54 Å². The van der Waals surface area contributed by atoms with Gasteiger partial charge < -0.3 is 15.1 Å². The smallest absolute Gasteiger partial charge is 0.226 e. The van der Waals surface area contributed by atoms with Gasteiger partial charge in [0, 0.05) is 18.5 Å². The SMILES string of the molecule is CC1CCC2C(C)C3CCC(C4CC(O)C5CC(O)CCC5(C)C4C)CC3C(=O)N2C1. The highest BCUT2D eigenvalue weighted by molar-refractivity contribution is 5.81. The van der Waals surface area contributed by atoms with Crippen LogP contribution in [0.4, 0.5) is 0 Å². The minimum Gasteiger partial charge on any atom is -0.393 e. The summed E-state index contributed by atoms with van der Waals surface area (Å²) >= 11 is 0. The Bertz CT molecular complexity index is 696. The van der Waals surface area contributed by atoms with Gasteiger partial charge in [-0.3, -0.25) is 4.79 Å². The third-order valence-electron chi connectivity index (χ3n) is 11.3. The molecule has 0 aromatic heterocycles. The van der Waals surface area contributed by atoms with Crippen molar-refractivity contribution < 1.29 is 15.0 Å². The summed E-state index contributed by atoms with van der Waals surface area (Å²) in [7, 11) is 0. The number of carbonyl (C=O) groups excluding carboxylic acids is 1. The molecule has 0 spiro atoms. The zero-order chi connectivity index (χ0) is 22.1. The Morgan fingerprint density at radius 3 is 2.48 bits per heavy atom. The Hall–Kier alpha value is -0.610. The van der Waals surface area contributed by atoms with Crippen molar-refractivity contribution >= 4 is 5.91 Å². The molecule has 4 heteroatoms. The molecule has 3 saturated carbocycles. The molecule has 5 rings (SSSR count). The molecule has 176 valence electrons. The van der Waals surface area contributed by atoms with Gasteiger partial charge in [-0.1, -0.05) is 27.7 Å². The van der Waals surface area contributed by atoms with E-state index < -0.39 is 0 Å². The number of piperidine rings is 2. The molecule has 12 unspecified atom stereocenters. The largest absolute Gasteiger partial charge is 0.393 e. The molecule has 12 atom stereocenters. The van der Waals surface area contributed by atoms with Gasteiger partial charge in [-0.15, -0.1) is 0 Å². The maximum Gasteiger partial charge on any atom is 0.226 e. The van der Waals surface area contributed by atoms with E-state index in [0.717, 1.165) is 38.6 Å². The van der Waals surface area contributed by atoms with E-state index >= 15 is 0 Å². The monoisotopic (exact) mass is 431 g/mol. The molecule has 2 N–H and O–H groups in total. The summed E-state index contributed by atoms with van der Waals surface area (Å²) in [5, 5.41) is 21.4. The summed E-state index contributed by atoms with van der Waals surface area (Å²) < 4.78 is 0. The van der Waals surface area contributed by atoms with Crippen LogP contribution in [0.25, 0.3) is 0 Å². The van der Waals surface area contributed by atoms with Crippen LogP contribution in [0.15, 0.2) is 0 Å². The number of aliphatic hydroxyl groups is 2. The van der Waals surface area contributed by atoms with Gasteiger partial charge in [-0.25, -0.2) is 0 Å². The van der Waals surface area contributed by atoms with Crippen LogP contribution in [-0.4, -0.2) is 45.8 Å². The second-order valence-corrected chi connectivity index (χ2v) is 12.7. The van der Waals surface area contributed by atoms with Gasteiger partial charge in [0.1, 0.15) is 0 Å². The first kappa shape index (κ1) is 22.2. The summed E-state index contributed by atoms with van der Waals surface area (Å²) in [5.41, 5.74) is 0.121. The lowest BCUT2D eigenvalue weighted by atomic mass is 9.48. The van der Waals surface area contributed by atoms with Crippen molar-refractivity contribution in [3.05, 3.63) is 0 Å². The van der Waals surface area contributed by atoms with Crippen LogP contribution in [0.1, 0.15) is 85.5 Å². The van der Waals surface area contributed by atoms with Crippen LogP contribution in [0.3, 0.4) is 0 Å². The molecule has 0 radical (unpaired) electrons. The van der Waals surface area contributed by atoms with Crippen LogP contribution in [0.2, 0.25) is 0 Å². The second kappa shape index (κ2) is 8.01. The summed E-state index contributed by atoms with van der Waals surface area (Å²) in [6.45, 7) is 10.5. The predicted octanol–water partition coefficient (Wildman–Crippen LogP) is 4.48. The molecule has 5 fully saturated rings. The first-order valence-electron chi connectivity index (χ1n) is 13.4. The van der Waals surface area contributed by atoms with E-state index in [0.29, 0.717) is 47.5 Å². The maximum atomic E-state index is 13.6. The molecule has 0 aromatic rings. The fourth-order valence-electron chi connectivity index (χ4n) is 9.24. The highest BCUT2D eigenvalue weighted by Crippen LogP contribution is 2.59. The molecule has 1 amide bonds. The van der Waals surface area contributed by atoms with Crippen LogP contribution in [-0.2, 0) is 4.79 Å². The fourth-order valence-corrected chi connectivity index (χ4v) is 9.24. The van der Waals surface area contributed by atoms with Gasteiger partial charge in [-0.05, 0) is 105 Å². The first-order valence-corrected chi connectivity index (χ1v) is 13.4. The van der Waals surface area contributed by atoms with Crippen LogP contribution in [0, 0.1) is 52.8 Å². The number of hydrogen-bond donors (Lipinski definition) is 2. The molecule has 31 heavy (non-hydrogen) atoms. The van der Waals surface area contributed by atoms with Crippen molar-refractivity contribution in [3.63, 3.8) is 0 Å². The van der Waals surface area contributed by atoms with E-state index in [9.17, 15) is 15.0 Å². The van der Waals surface area contributed by atoms with E-state index in [4.69, 9.17) is 0 Å². The predicted molar refractivity (Wildman–Crippen MR) is 122 cm³/mol. The van der Waals surface area contributed by atoms with E-state index in [1.165, 1.54) is 25.7 Å². The molecule has 0 aromatic carbocycles. The standard InChI is InChI=1S/C27H45NO3/c1-15-5-8-24-16(2)20-7-6-18(11-22(20)26(31)28(24)14-15)21-13-25(30)23-12-19(29)9-10-27(23,4)17(21)3/h15-25,29-30H,5-14H2,1-4H3. The van der Waals surface area contributed by atoms with Gasteiger partial charge in [-0.2, -0.15) is 0 Å². The maximum absolute atomic E-state index is 13.6. The van der Waals surface area contributed by atoms with Gasteiger partial charge >= 0.3 is 0 Å². The fraction of sp³-hybridized carbons (Fsp3) is 0.963. The van der Waals surface area contributed by atoms with Crippen molar-refractivity contribution in [3.8, 4) is 0 Å². The summed E-state index contributed by atoms with van der Waals surface area (Å²) in [6.07, 6.45) is 8.90. The van der Waals surface area contributed by atoms with Crippen molar-refractivity contribution in [1.82, 2.24) is 4.90 Å². The zero-order valence-corrected chi connectivity index (χ0v) is 20.2. The van der Waals surface area contributed by atoms with Crippen LogP contribution >= 0.6 is 0 Å². The summed E-state index contributed by atoms with van der Waals surface area (Å²) in [5.74, 6) is 4.34. The number of hydrogen-bond acceptors (Lipinski definition) is 3. The first-order chi connectivity index (χ1) is 14.7. The Morgan fingerprint density at radius 1 is 0.935 bits per heavy atom. The molecule has 4 nitrogen and oxygen atoms in total. The van der Waals surface area contributed by atoms with Gasteiger partial charge in [0.25, 0.3) is 0 Å². The Morgan fingerprint density at radius 2 is 1.71 bits per heavy atom. The number of amides is 1. The van der Waals surface area contributed by atoms with Crippen molar-refractivity contribution in [1.29, 1.82) is 0 Å². The lowest BCUT2D eigenvalue weighted by molar-refractivity contribution is -0.163. The van der Waals surface area contributed by atoms with Gasteiger partial charge in [0.2, 0.25) is 5.91 Å². The highest BCUT2D eigenvalue weighted by atomic mass is 16.3. The highest BCUT2D eigenvalue weighted by Gasteiger charge is 2.56. The number of rotatable bonds is 1. The quantitative estimate of drug-likeness (QED) is 0.643. The van der Waals surface area contributed by atoms with E-state index in [1.807, 2.05) is 0 Å². The number of fused-ring (bicyclic) bond motifs is 3. The number of carbonyl (C=O) groups is 1. The Balaban J connectivity index is 1.34. The summed E-state index contributed by atoms with van der Waals surface area (Å²) in [6, 6.07) is 0.477.